The van der Waals surface area contributed by atoms with Gasteiger partial charge >= 0.3 is 5.97 Å². The summed E-state index contributed by atoms with van der Waals surface area (Å²) in [5.74, 6) is -1.10. The molecule has 0 saturated carbocycles. The summed E-state index contributed by atoms with van der Waals surface area (Å²) in [5.41, 5.74) is 2.09. The predicted molar refractivity (Wildman–Crippen MR) is 93.3 cm³/mol. The van der Waals surface area contributed by atoms with Crippen LogP contribution < -0.4 is 0 Å². The Morgan fingerprint density at radius 3 is 2.30 bits per heavy atom. The highest BCUT2D eigenvalue weighted by molar-refractivity contribution is 6.48. The smallest absolute Gasteiger partial charge is 0.372 e. The first-order valence-corrected chi connectivity index (χ1v) is 10.6. The van der Waals surface area contributed by atoms with E-state index in [1.165, 1.54) is 0 Å². The van der Waals surface area contributed by atoms with Gasteiger partial charge in [0, 0.05) is 11.1 Å². The molecule has 0 spiro atoms. The number of carboxylic acid groups (broad SMARTS) is 1. The van der Waals surface area contributed by atoms with Crippen molar-refractivity contribution in [1.29, 1.82) is 0 Å². The van der Waals surface area contributed by atoms with Crippen molar-refractivity contribution < 1.29 is 18.7 Å². The standard InChI is InChI=1S/C18H24O4Si/c1-18(2,3)16(22-23(4)5)13-11-21-15(17(19)20)14(13)12-9-7-6-8-10-12/h6-11,16,23H,1-5H3,(H,19,20). The van der Waals surface area contributed by atoms with Crippen LogP contribution in [0.25, 0.3) is 11.1 Å². The van der Waals surface area contributed by atoms with Crippen molar-refractivity contribution >= 4 is 15.0 Å². The van der Waals surface area contributed by atoms with Gasteiger partial charge in [-0.15, -0.1) is 0 Å². The second kappa shape index (κ2) is 6.72. The van der Waals surface area contributed by atoms with Crippen molar-refractivity contribution in [2.45, 2.75) is 40.0 Å². The molecule has 4 nitrogen and oxygen atoms in total. The fraction of sp³-hybridized carbons (Fsp3) is 0.389. The average molecular weight is 332 g/mol. The molecule has 0 aliphatic carbocycles. The fourth-order valence-electron chi connectivity index (χ4n) is 2.64. The van der Waals surface area contributed by atoms with Gasteiger partial charge in [0.15, 0.2) is 9.04 Å². The number of rotatable bonds is 5. The number of benzene rings is 1. The molecule has 1 heterocycles. The Hall–Kier alpha value is -1.85. The van der Waals surface area contributed by atoms with Crippen molar-refractivity contribution in [3.8, 4) is 11.1 Å². The molecule has 0 fully saturated rings. The van der Waals surface area contributed by atoms with Gasteiger partial charge in [0.25, 0.3) is 0 Å². The fourth-order valence-corrected chi connectivity index (χ4v) is 3.74. The van der Waals surface area contributed by atoms with Crippen LogP contribution >= 0.6 is 0 Å². The van der Waals surface area contributed by atoms with Gasteiger partial charge in [0.2, 0.25) is 5.76 Å². The number of hydrogen-bond donors (Lipinski definition) is 1. The van der Waals surface area contributed by atoms with Crippen molar-refractivity contribution in [1.82, 2.24) is 0 Å². The van der Waals surface area contributed by atoms with E-state index >= 15 is 0 Å². The van der Waals surface area contributed by atoms with Crippen LogP contribution in [0.5, 0.6) is 0 Å². The van der Waals surface area contributed by atoms with Gasteiger partial charge in [-0.25, -0.2) is 4.79 Å². The molecule has 1 N–H and O–H groups in total. The monoisotopic (exact) mass is 332 g/mol. The van der Waals surface area contributed by atoms with E-state index in [-0.39, 0.29) is 17.3 Å². The highest BCUT2D eigenvalue weighted by Crippen LogP contribution is 2.43. The van der Waals surface area contributed by atoms with Gasteiger partial charge in [-0.3, -0.25) is 0 Å². The second-order valence-corrected chi connectivity index (χ2v) is 9.37. The van der Waals surface area contributed by atoms with Crippen molar-refractivity contribution in [2.75, 3.05) is 0 Å². The average Bonchev–Trinajstić information content (AvgIpc) is 2.88. The third kappa shape index (κ3) is 3.92. The van der Waals surface area contributed by atoms with E-state index in [0.29, 0.717) is 5.56 Å². The molecule has 1 atom stereocenters. The highest BCUT2D eigenvalue weighted by Gasteiger charge is 2.34. The second-order valence-electron chi connectivity index (χ2n) is 7.00. The number of carboxylic acids is 1. The highest BCUT2D eigenvalue weighted by atomic mass is 28.3. The summed E-state index contributed by atoms with van der Waals surface area (Å²) in [4.78, 5) is 11.6. The third-order valence-electron chi connectivity index (χ3n) is 3.55. The molecule has 0 aliphatic heterocycles. The molecule has 0 radical (unpaired) electrons. The minimum Gasteiger partial charge on any atom is -0.475 e. The van der Waals surface area contributed by atoms with Crippen LogP contribution in [0, 0.1) is 5.41 Å². The lowest BCUT2D eigenvalue weighted by atomic mass is 9.83. The maximum Gasteiger partial charge on any atom is 0.372 e. The molecule has 0 saturated heterocycles. The van der Waals surface area contributed by atoms with Crippen LogP contribution in [-0.2, 0) is 4.43 Å². The molecule has 0 amide bonds. The lowest BCUT2D eigenvalue weighted by Crippen LogP contribution is -2.26. The van der Waals surface area contributed by atoms with Gasteiger partial charge in [-0.2, -0.15) is 0 Å². The van der Waals surface area contributed by atoms with Gasteiger partial charge in [0.1, 0.15) is 0 Å². The van der Waals surface area contributed by atoms with Crippen LogP contribution in [0.3, 0.4) is 0 Å². The SMILES string of the molecule is C[SiH](C)OC(c1coc(C(=O)O)c1-c1ccccc1)C(C)(C)C. The number of aromatic carboxylic acids is 1. The Kier molecular flexibility index (Phi) is 5.11. The number of hydrogen-bond acceptors (Lipinski definition) is 3. The molecular weight excluding hydrogens is 308 g/mol. The van der Waals surface area contributed by atoms with Crippen LogP contribution in [-0.4, -0.2) is 20.1 Å². The molecule has 2 aromatic rings. The van der Waals surface area contributed by atoms with Crippen LogP contribution in [0.1, 0.15) is 43.0 Å². The van der Waals surface area contributed by atoms with E-state index in [0.717, 1.165) is 11.1 Å². The molecule has 1 aromatic heterocycles. The molecule has 124 valence electrons. The molecule has 5 heteroatoms. The first kappa shape index (κ1) is 17.5. The Morgan fingerprint density at radius 1 is 1.22 bits per heavy atom. The van der Waals surface area contributed by atoms with Crippen molar-refractivity contribution in [2.24, 2.45) is 5.41 Å². The molecule has 1 aromatic carbocycles. The summed E-state index contributed by atoms with van der Waals surface area (Å²) in [6.07, 6.45) is 1.33. The molecule has 0 bridgehead atoms. The number of furan rings is 1. The topological polar surface area (TPSA) is 59.7 Å². The zero-order valence-electron chi connectivity index (χ0n) is 14.3. The van der Waals surface area contributed by atoms with E-state index in [2.05, 4.69) is 33.9 Å². The van der Waals surface area contributed by atoms with Crippen LogP contribution in [0.2, 0.25) is 13.1 Å². The summed E-state index contributed by atoms with van der Waals surface area (Å²) >= 11 is 0. The zero-order valence-corrected chi connectivity index (χ0v) is 15.4. The van der Waals surface area contributed by atoms with Crippen molar-refractivity contribution in [3.63, 3.8) is 0 Å². The Labute approximate surface area is 138 Å². The number of carbonyl (C=O) groups is 1. The van der Waals surface area contributed by atoms with Gasteiger partial charge in [0.05, 0.1) is 12.4 Å². The predicted octanol–water partition coefficient (Wildman–Crippen LogP) is 4.73. The first-order valence-electron chi connectivity index (χ1n) is 7.77. The van der Waals surface area contributed by atoms with E-state index in [1.54, 1.807) is 6.26 Å². The third-order valence-corrected chi connectivity index (χ3v) is 4.37. The molecule has 2 rings (SSSR count). The summed E-state index contributed by atoms with van der Waals surface area (Å²) < 4.78 is 11.6. The zero-order chi connectivity index (χ0) is 17.2. The lowest BCUT2D eigenvalue weighted by molar-refractivity contribution is 0.0663. The van der Waals surface area contributed by atoms with Gasteiger partial charge in [-0.05, 0) is 24.1 Å². The molecule has 0 aliphatic rings. The Bertz CT molecular complexity index is 668. The minimum atomic E-state index is -1.32. The molecule has 1 unspecified atom stereocenters. The summed E-state index contributed by atoms with van der Waals surface area (Å²) in [6.45, 7) is 10.5. The van der Waals surface area contributed by atoms with Crippen molar-refractivity contribution in [3.05, 3.63) is 47.9 Å². The Balaban J connectivity index is 2.64. The van der Waals surface area contributed by atoms with E-state index < -0.39 is 15.0 Å². The minimum absolute atomic E-state index is 0.0329. The Morgan fingerprint density at radius 2 is 1.83 bits per heavy atom. The molecule has 23 heavy (non-hydrogen) atoms. The quantitative estimate of drug-likeness (QED) is 0.804. The summed E-state index contributed by atoms with van der Waals surface area (Å²) in [6, 6.07) is 9.48. The van der Waals surface area contributed by atoms with Crippen LogP contribution in [0.4, 0.5) is 0 Å². The largest absolute Gasteiger partial charge is 0.475 e. The summed E-state index contributed by atoms with van der Waals surface area (Å²) in [5, 5.41) is 9.48. The van der Waals surface area contributed by atoms with Gasteiger partial charge in [-0.1, -0.05) is 51.1 Å². The van der Waals surface area contributed by atoms with E-state index in [4.69, 9.17) is 8.84 Å². The summed E-state index contributed by atoms with van der Waals surface area (Å²) in [7, 11) is -1.32. The lowest BCUT2D eigenvalue weighted by Gasteiger charge is -2.32. The normalized spacial score (nSPS) is 13.3. The van der Waals surface area contributed by atoms with E-state index in [9.17, 15) is 9.90 Å². The van der Waals surface area contributed by atoms with E-state index in [1.807, 2.05) is 30.3 Å². The molecular formula is C18H24O4Si. The van der Waals surface area contributed by atoms with Crippen LogP contribution in [0.15, 0.2) is 41.0 Å². The van der Waals surface area contributed by atoms with Gasteiger partial charge < -0.3 is 13.9 Å². The first-order chi connectivity index (χ1) is 10.7. The maximum atomic E-state index is 11.6. The maximum absolute atomic E-state index is 11.6.